The fourth-order valence-corrected chi connectivity index (χ4v) is 1.71. The molecular weight excluding hydrogens is 232 g/mol. The Kier molecular flexibility index (Phi) is 9.33. The molecule has 0 saturated heterocycles. The highest BCUT2D eigenvalue weighted by molar-refractivity contribution is 5.70. The molecular formula is C14H26O4. The second-order valence-corrected chi connectivity index (χ2v) is 4.34. The van der Waals surface area contributed by atoms with Gasteiger partial charge in [-0.25, -0.2) is 0 Å². The summed E-state index contributed by atoms with van der Waals surface area (Å²) in [7, 11) is 0. The van der Waals surface area contributed by atoms with Crippen LogP contribution in [0.1, 0.15) is 66.2 Å². The quantitative estimate of drug-likeness (QED) is 0.596. The molecule has 0 radical (unpaired) electrons. The first kappa shape index (κ1) is 16.9. The van der Waals surface area contributed by atoms with E-state index in [9.17, 15) is 9.59 Å². The second kappa shape index (κ2) is 9.92. The Morgan fingerprint density at radius 1 is 0.778 bits per heavy atom. The first-order valence-corrected chi connectivity index (χ1v) is 6.97. The summed E-state index contributed by atoms with van der Waals surface area (Å²) in [5.41, 5.74) is 0. The Balaban J connectivity index is 4.62. The lowest BCUT2D eigenvalue weighted by molar-refractivity contribution is -0.169. The summed E-state index contributed by atoms with van der Waals surface area (Å²) in [5, 5.41) is 0. The monoisotopic (exact) mass is 258 g/mol. The van der Waals surface area contributed by atoms with Crippen molar-refractivity contribution in [3.63, 3.8) is 0 Å². The van der Waals surface area contributed by atoms with E-state index >= 15 is 0 Å². The van der Waals surface area contributed by atoms with Gasteiger partial charge in [-0.15, -0.1) is 0 Å². The highest BCUT2D eigenvalue weighted by Crippen LogP contribution is 2.17. The molecule has 0 bridgehead atoms. The molecule has 0 aliphatic rings. The summed E-state index contributed by atoms with van der Waals surface area (Å²) in [6.07, 6.45) is 3.33. The number of hydrogen-bond acceptors (Lipinski definition) is 4. The second-order valence-electron chi connectivity index (χ2n) is 4.34. The van der Waals surface area contributed by atoms with Gasteiger partial charge >= 0.3 is 11.9 Å². The van der Waals surface area contributed by atoms with Crippen LogP contribution in [0, 0.1) is 0 Å². The third-order valence-electron chi connectivity index (χ3n) is 2.70. The molecule has 0 N–H and O–H groups in total. The van der Waals surface area contributed by atoms with Gasteiger partial charge in [-0.2, -0.15) is 0 Å². The van der Waals surface area contributed by atoms with Crippen LogP contribution < -0.4 is 0 Å². The average Bonchev–Trinajstić information content (AvgIpc) is 2.37. The van der Waals surface area contributed by atoms with Crippen molar-refractivity contribution >= 4 is 11.9 Å². The maximum absolute atomic E-state index is 11.4. The van der Waals surface area contributed by atoms with Gasteiger partial charge in [-0.3, -0.25) is 9.59 Å². The number of carbonyl (C=O) groups is 2. The van der Waals surface area contributed by atoms with Gasteiger partial charge in [-0.1, -0.05) is 40.5 Å². The molecule has 0 rings (SSSR count). The minimum atomic E-state index is -0.308. The summed E-state index contributed by atoms with van der Waals surface area (Å²) in [6, 6.07) is 0. The lowest BCUT2D eigenvalue weighted by Gasteiger charge is -2.26. The standard InChI is InChI=1S/C14H26O4/c1-5-9-11(17-13(15)7-3)12(10-6-2)18-14(16)8-4/h11-12H,5-10H2,1-4H3. The van der Waals surface area contributed by atoms with Gasteiger partial charge in [0.15, 0.2) is 0 Å². The zero-order valence-corrected chi connectivity index (χ0v) is 12.0. The fourth-order valence-electron chi connectivity index (χ4n) is 1.71. The van der Waals surface area contributed by atoms with Crippen molar-refractivity contribution in [3.05, 3.63) is 0 Å². The molecule has 2 atom stereocenters. The van der Waals surface area contributed by atoms with E-state index in [2.05, 4.69) is 0 Å². The number of hydrogen-bond donors (Lipinski definition) is 0. The predicted molar refractivity (Wildman–Crippen MR) is 70.2 cm³/mol. The van der Waals surface area contributed by atoms with Crippen LogP contribution in [0.2, 0.25) is 0 Å². The SMILES string of the molecule is CCCC(OC(=O)CC)C(CCC)OC(=O)CC. The third-order valence-corrected chi connectivity index (χ3v) is 2.70. The van der Waals surface area contributed by atoms with E-state index in [-0.39, 0.29) is 24.1 Å². The number of rotatable bonds is 9. The van der Waals surface area contributed by atoms with Gasteiger partial charge in [0, 0.05) is 12.8 Å². The number of carbonyl (C=O) groups excluding carboxylic acids is 2. The molecule has 106 valence electrons. The Hall–Kier alpha value is -1.06. The van der Waals surface area contributed by atoms with Gasteiger partial charge < -0.3 is 9.47 Å². The van der Waals surface area contributed by atoms with Crippen molar-refractivity contribution in [2.24, 2.45) is 0 Å². The number of esters is 2. The van der Waals surface area contributed by atoms with E-state index in [1.54, 1.807) is 13.8 Å². The lowest BCUT2D eigenvalue weighted by Crippen LogP contribution is -2.35. The Bertz CT molecular complexity index is 224. The van der Waals surface area contributed by atoms with E-state index in [1.807, 2.05) is 13.8 Å². The van der Waals surface area contributed by atoms with E-state index in [0.29, 0.717) is 12.8 Å². The smallest absolute Gasteiger partial charge is 0.305 e. The Morgan fingerprint density at radius 2 is 1.11 bits per heavy atom. The number of ether oxygens (including phenoxy) is 2. The molecule has 0 aromatic heterocycles. The molecule has 0 spiro atoms. The maximum Gasteiger partial charge on any atom is 0.305 e. The van der Waals surface area contributed by atoms with Gasteiger partial charge in [0.05, 0.1) is 0 Å². The summed E-state index contributed by atoms with van der Waals surface area (Å²) >= 11 is 0. The summed E-state index contributed by atoms with van der Waals surface area (Å²) in [5.74, 6) is -0.468. The molecule has 0 aliphatic carbocycles. The van der Waals surface area contributed by atoms with Crippen LogP contribution in [0.15, 0.2) is 0 Å². The third kappa shape index (κ3) is 6.62. The van der Waals surface area contributed by atoms with Crippen LogP contribution >= 0.6 is 0 Å². The summed E-state index contributed by atoms with van der Waals surface area (Å²) in [6.45, 7) is 7.57. The van der Waals surface area contributed by atoms with Gasteiger partial charge in [-0.05, 0) is 12.8 Å². The Labute approximate surface area is 110 Å². The zero-order chi connectivity index (χ0) is 14.0. The van der Waals surface area contributed by atoms with Crippen molar-refractivity contribution in [2.75, 3.05) is 0 Å². The molecule has 18 heavy (non-hydrogen) atoms. The van der Waals surface area contributed by atoms with Crippen molar-refractivity contribution in [3.8, 4) is 0 Å². The molecule has 0 aliphatic heterocycles. The molecule has 2 unspecified atom stereocenters. The van der Waals surface area contributed by atoms with Crippen LogP contribution in [0.3, 0.4) is 0 Å². The van der Waals surface area contributed by atoms with E-state index in [0.717, 1.165) is 25.7 Å². The van der Waals surface area contributed by atoms with Crippen molar-refractivity contribution in [2.45, 2.75) is 78.4 Å². The lowest BCUT2D eigenvalue weighted by atomic mass is 10.0. The van der Waals surface area contributed by atoms with Gasteiger partial charge in [0.25, 0.3) is 0 Å². The minimum absolute atomic E-state index is 0.234. The maximum atomic E-state index is 11.4. The van der Waals surface area contributed by atoms with Crippen molar-refractivity contribution in [1.82, 2.24) is 0 Å². The molecule has 0 amide bonds. The van der Waals surface area contributed by atoms with E-state index < -0.39 is 0 Å². The molecule has 0 fully saturated rings. The fraction of sp³-hybridized carbons (Fsp3) is 0.857. The van der Waals surface area contributed by atoms with Gasteiger partial charge in [0.2, 0.25) is 0 Å². The highest BCUT2D eigenvalue weighted by atomic mass is 16.6. The topological polar surface area (TPSA) is 52.6 Å². The largest absolute Gasteiger partial charge is 0.458 e. The molecule has 4 heteroatoms. The predicted octanol–water partition coefficient (Wildman–Crippen LogP) is 3.23. The summed E-state index contributed by atoms with van der Waals surface area (Å²) in [4.78, 5) is 22.8. The summed E-state index contributed by atoms with van der Waals surface area (Å²) < 4.78 is 10.8. The normalized spacial score (nSPS) is 13.8. The van der Waals surface area contributed by atoms with Gasteiger partial charge in [0.1, 0.15) is 12.2 Å². The first-order chi connectivity index (χ1) is 8.58. The van der Waals surface area contributed by atoms with Crippen LogP contribution in [0.5, 0.6) is 0 Å². The highest BCUT2D eigenvalue weighted by Gasteiger charge is 2.26. The van der Waals surface area contributed by atoms with Crippen LogP contribution in [-0.2, 0) is 19.1 Å². The average molecular weight is 258 g/mol. The molecule has 0 saturated carbocycles. The van der Waals surface area contributed by atoms with Crippen molar-refractivity contribution < 1.29 is 19.1 Å². The van der Waals surface area contributed by atoms with Crippen LogP contribution in [-0.4, -0.2) is 24.1 Å². The first-order valence-electron chi connectivity index (χ1n) is 6.97. The van der Waals surface area contributed by atoms with Crippen LogP contribution in [0.4, 0.5) is 0 Å². The van der Waals surface area contributed by atoms with Crippen molar-refractivity contribution in [1.29, 1.82) is 0 Å². The van der Waals surface area contributed by atoms with E-state index in [4.69, 9.17) is 9.47 Å². The molecule has 0 aromatic carbocycles. The van der Waals surface area contributed by atoms with E-state index in [1.165, 1.54) is 0 Å². The Morgan fingerprint density at radius 3 is 1.33 bits per heavy atom. The molecule has 4 nitrogen and oxygen atoms in total. The molecule has 0 aromatic rings. The zero-order valence-electron chi connectivity index (χ0n) is 12.0. The van der Waals surface area contributed by atoms with Crippen LogP contribution in [0.25, 0.3) is 0 Å². The molecule has 0 heterocycles. The minimum Gasteiger partial charge on any atom is -0.458 e.